The average molecular weight is 341 g/mol. The Balaban J connectivity index is 1.82. The summed E-state index contributed by atoms with van der Waals surface area (Å²) in [6.07, 6.45) is 1.62. The summed E-state index contributed by atoms with van der Waals surface area (Å²) in [7, 11) is 0. The van der Waals surface area contributed by atoms with Crippen molar-refractivity contribution in [3.63, 3.8) is 0 Å². The minimum atomic E-state index is -0.128. The summed E-state index contributed by atoms with van der Waals surface area (Å²) in [5.41, 5.74) is 1.60. The van der Waals surface area contributed by atoms with Gasteiger partial charge >= 0.3 is 0 Å². The first kappa shape index (κ1) is 16.3. The lowest BCUT2D eigenvalue weighted by Gasteiger charge is -2.16. The van der Waals surface area contributed by atoms with Crippen LogP contribution in [-0.4, -0.2) is 10.5 Å². The van der Waals surface area contributed by atoms with Crippen LogP contribution in [0.1, 0.15) is 18.5 Å². The molecule has 1 aromatic heterocycles. The molecule has 122 valence electrons. The molecule has 2 aromatic carbocycles. The van der Waals surface area contributed by atoms with Crippen LogP contribution < -0.4 is 10.7 Å². The van der Waals surface area contributed by atoms with Crippen LogP contribution in [0.2, 0.25) is 5.02 Å². The van der Waals surface area contributed by atoms with Crippen molar-refractivity contribution >= 4 is 28.4 Å². The standard InChI is InChI=1S/C19H17ClN2O2/c1-13(14-5-3-2-4-6-14)21-19(24)12-22-10-9-18(23)16-8-7-15(20)11-17(16)22/h2-11,13H,12H2,1H3,(H,21,24). The van der Waals surface area contributed by atoms with Crippen molar-refractivity contribution in [2.45, 2.75) is 19.5 Å². The van der Waals surface area contributed by atoms with Crippen LogP contribution in [0.25, 0.3) is 10.9 Å². The molecule has 0 aliphatic carbocycles. The molecule has 0 saturated heterocycles. The van der Waals surface area contributed by atoms with E-state index in [9.17, 15) is 9.59 Å². The normalized spacial score (nSPS) is 12.1. The molecule has 0 aliphatic rings. The maximum atomic E-state index is 12.4. The molecule has 0 bridgehead atoms. The van der Waals surface area contributed by atoms with Gasteiger partial charge in [-0.05, 0) is 30.7 Å². The predicted molar refractivity (Wildman–Crippen MR) is 96.2 cm³/mol. The van der Waals surface area contributed by atoms with Gasteiger partial charge in [-0.15, -0.1) is 0 Å². The second-order valence-electron chi connectivity index (χ2n) is 5.67. The molecule has 0 radical (unpaired) electrons. The van der Waals surface area contributed by atoms with Crippen LogP contribution in [0.5, 0.6) is 0 Å². The molecular weight excluding hydrogens is 324 g/mol. The first-order chi connectivity index (χ1) is 11.5. The third-order valence-electron chi connectivity index (χ3n) is 3.93. The molecular formula is C19H17ClN2O2. The number of hydrogen-bond acceptors (Lipinski definition) is 2. The molecule has 0 saturated carbocycles. The number of nitrogens with zero attached hydrogens (tertiary/aromatic N) is 1. The fraction of sp³-hybridized carbons (Fsp3) is 0.158. The molecule has 24 heavy (non-hydrogen) atoms. The predicted octanol–water partition coefficient (Wildman–Crippen LogP) is 3.53. The summed E-state index contributed by atoms with van der Waals surface area (Å²) in [4.78, 5) is 24.3. The van der Waals surface area contributed by atoms with E-state index in [1.54, 1.807) is 29.0 Å². The molecule has 1 unspecified atom stereocenters. The second-order valence-corrected chi connectivity index (χ2v) is 6.11. The number of amides is 1. The lowest BCUT2D eigenvalue weighted by atomic mass is 10.1. The van der Waals surface area contributed by atoms with Crippen LogP contribution in [0.15, 0.2) is 65.6 Å². The van der Waals surface area contributed by atoms with E-state index in [1.165, 1.54) is 6.07 Å². The topological polar surface area (TPSA) is 51.1 Å². The molecule has 0 aliphatic heterocycles. The Morgan fingerprint density at radius 2 is 1.92 bits per heavy atom. The van der Waals surface area contributed by atoms with Gasteiger partial charge in [-0.25, -0.2) is 0 Å². The smallest absolute Gasteiger partial charge is 0.240 e. The number of aromatic nitrogens is 1. The van der Waals surface area contributed by atoms with Gasteiger partial charge in [0, 0.05) is 22.7 Å². The minimum Gasteiger partial charge on any atom is -0.348 e. The Labute approximate surface area is 144 Å². The molecule has 1 heterocycles. The van der Waals surface area contributed by atoms with Crippen LogP contribution in [0.3, 0.4) is 0 Å². The van der Waals surface area contributed by atoms with Gasteiger partial charge in [-0.2, -0.15) is 0 Å². The van der Waals surface area contributed by atoms with Gasteiger partial charge in [0.1, 0.15) is 6.54 Å². The van der Waals surface area contributed by atoms with Crippen LogP contribution in [0.4, 0.5) is 0 Å². The van der Waals surface area contributed by atoms with Crippen molar-refractivity contribution in [1.29, 1.82) is 0 Å². The number of rotatable bonds is 4. The SMILES string of the molecule is CC(NC(=O)Cn1ccc(=O)c2ccc(Cl)cc21)c1ccccc1. The van der Waals surface area contributed by atoms with Crippen molar-refractivity contribution in [1.82, 2.24) is 9.88 Å². The van der Waals surface area contributed by atoms with E-state index in [4.69, 9.17) is 11.6 Å². The average Bonchev–Trinajstić information content (AvgIpc) is 2.58. The van der Waals surface area contributed by atoms with Crippen molar-refractivity contribution in [3.05, 3.63) is 81.6 Å². The minimum absolute atomic E-state index is 0.0871. The molecule has 4 nitrogen and oxygen atoms in total. The Hall–Kier alpha value is -2.59. The zero-order valence-electron chi connectivity index (χ0n) is 13.2. The largest absolute Gasteiger partial charge is 0.348 e. The van der Waals surface area contributed by atoms with Gasteiger partial charge in [-0.1, -0.05) is 41.9 Å². The lowest BCUT2D eigenvalue weighted by Crippen LogP contribution is -2.30. The number of carbonyl (C=O) groups excluding carboxylic acids is 1. The highest BCUT2D eigenvalue weighted by atomic mass is 35.5. The highest BCUT2D eigenvalue weighted by Gasteiger charge is 2.11. The van der Waals surface area contributed by atoms with E-state index < -0.39 is 0 Å². The fourth-order valence-electron chi connectivity index (χ4n) is 2.68. The van der Waals surface area contributed by atoms with Crippen LogP contribution in [-0.2, 0) is 11.3 Å². The molecule has 0 fully saturated rings. The Morgan fingerprint density at radius 1 is 1.17 bits per heavy atom. The molecule has 1 atom stereocenters. The molecule has 0 spiro atoms. The number of nitrogens with one attached hydrogen (secondary N) is 1. The van der Waals surface area contributed by atoms with Gasteiger partial charge in [-0.3, -0.25) is 9.59 Å². The summed E-state index contributed by atoms with van der Waals surface area (Å²) in [5.74, 6) is -0.128. The summed E-state index contributed by atoms with van der Waals surface area (Å²) in [6, 6.07) is 16.2. The van der Waals surface area contributed by atoms with Crippen molar-refractivity contribution in [2.75, 3.05) is 0 Å². The Kier molecular flexibility index (Phi) is 4.67. The maximum absolute atomic E-state index is 12.4. The van der Waals surface area contributed by atoms with Gasteiger partial charge in [0.2, 0.25) is 5.91 Å². The van der Waals surface area contributed by atoms with E-state index in [-0.39, 0.29) is 23.9 Å². The third-order valence-corrected chi connectivity index (χ3v) is 4.17. The second kappa shape index (κ2) is 6.89. The van der Waals surface area contributed by atoms with Crippen LogP contribution in [0, 0.1) is 0 Å². The van der Waals surface area contributed by atoms with Gasteiger partial charge in [0.25, 0.3) is 0 Å². The van der Waals surface area contributed by atoms with E-state index in [0.717, 1.165) is 5.56 Å². The quantitative estimate of drug-likeness (QED) is 0.790. The summed E-state index contributed by atoms with van der Waals surface area (Å²) in [5, 5.41) is 4.04. The Bertz CT molecular complexity index is 935. The number of carbonyl (C=O) groups is 1. The Morgan fingerprint density at radius 3 is 2.67 bits per heavy atom. The van der Waals surface area contributed by atoms with Gasteiger partial charge in [0.05, 0.1) is 11.6 Å². The van der Waals surface area contributed by atoms with Crippen molar-refractivity contribution < 1.29 is 4.79 Å². The number of halogens is 1. The molecule has 3 rings (SSSR count). The molecule has 3 aromatic rings. The maximum Gasteiger partial charge on any atom is 0.240 e. The van der Waals surface area contributed by atoms with E-state index >= 15 is 0 Å². The number of hydrogen-bond donors (Lipinski definition) is 1. The molecule has 5 heteroatoms. The first-order valence-electron chi connectivity index (χ1n) is 7.67. The zero-order valence-corrected chi connectivity index (χ0v) is 14.0. The highest BCUT2D eigenvalue weighted by molar-refractivity contribution is 6.31. The van der Waals surface area contributed by atoms with E-state index in [0.29, 0.717) is 15.9 Å². The van der Waals surface area contributed by atoms with Crippen molar-refractivity contribution in [3.8, 4) is 0 Å². The monoisotopic (exact) mass is 340 g/mol. The number of pyridine rings is 1. The molecule has 1 N–H and O–H groups in total. The van der Waals surface area contributed by atoms with Crippen molar-refractivity contribution in [2.24, 2.45) is 0 Å². The zero-order chi connectivity index (χ0) is 17.1. The number of fused-ring (bicyclic) bond motifs is 1. The highest BCUT2D eigenvalue weighted by Crippen LogP contribution is 2.17. The van der Waals surface area contributed by atoms with Crippen LogP contribution >= 0.6 is 11.6 Å². The van der Waals surface area contributed by atoms with Gasteiger partial charge < -0.3 is 9.88 Å². The number of benzene rings is 2. The third kappa shape index (κ3) is 3.49. The summed E-state index contributed by atoms with van der Waals surface area (Å²) in [6.45, 7) is 2.06. The van der Waals surface area contributed by atoms with E-state index in [2.05, 4.69) is 5.32 Å². The summed E-state index contributed by atoms with van der Waals surface area (Å²) < 4.78 is 1.73. The van der Waals surface area contributed by atoms with E-state index in [1.807, 2.05) is 37.3 Å². The fourth-order valence-corrected chi connectivity index (χ4v) is 2.85. The van der Waals surface area contributed by atoms with Gasteiger partial charge in [0.15, 0.2) is 5.43 Å². The molecule has 1 amide bonds. The lowest BCUT2D eigenvalue weighted by molar-refractivity contribution is -0.122. The summed E-state index contributed by atoms with van der Waals surface area (Å²) >= 11 is 6.03. The first-order valence-corrected chi connectivity index (χ1v) is 8.05.